The lowest BCUT2D eigenvalue weighted by Crippen LogP contribution is -2.70. The van der Waals surface area contributed by atoms with Crippen LogP contribution in [0.1, 0.15) is 153 Å². The maximum atomic E-state index is 3.01. The molecule has 318 valence electrons. The molecule has 12 rings (SSSR count). The standard InChI is InChI=1S/C60H65BN2/c1-11-12-19-38-24-25-51(41(32-38)39-20-14-13-15-21-39)62-52-36-47-43(42-33-48-49(35-46(42)58(47,7)8)57(5,6)29-28-56(48,3)4)34-50(52)61-54-44(30-37(2)31-53(54)62)40-22-18-23-45-55(40)63(61)60(10)27-17-16-26-59(45,60)9/h13-15,18,20-25,30-36H,11-12,16-17,19,26-29H2,1-10H3. The first-order valence-corrected chi connectivity index (χ1v) is 24.5. The average molecular weight is 825 g/mol. The summed E-state index contributed by atoms with van der Waals surface area (Å²) >= 11 is 0. The fourth-order valence-electron chi connectivity index (χ4n) is 14.1. The summed E-state index contributed by atoms with van der Waals surface area (Å²) in [6.07, 6.45) is 10.9. The Hall–Kier alpha value is -5.02. The summed E-state index contributed by atoms with van der Waals surface area (Å²) in [7, 11) is 0. The minimum atomic E-state index is -0.156. The van der Waals surface area contributed by atoms with E-state index in [0.29, 0.717) is 0 Å². The Balaban J connectivity index is 1.19. The molecule has 0 saturated heterocycles. The van der Waals surface area contributed by atoms with Gasteiger partial charge in [0.25, 0.3) is 0 Å². The molecule has 2 atom stereocenters. The zero-order valence-electron chi connectivity index (χ0n) is 39.7. The van der Waals surface area contributed by atoms with Crippen LogP contribution in [0.2, 0.25) is 0 Å². The van der Waals surface area contributed by atoms with Gasteiger partial charge in [0, 0.05) is 44.6 Å². The first-order chi connectivity index (χ1) is 30.1. The number of nitrogens with zero attached hydrogens (tertiary/aromatic N) is 2. The van der Waals surface area contributed by atoms with Gasteiger partial charge >= 0.3 is 6.85 Å². The van der Waals surface area contributed by atoms with Crippen LogP contribution in [0, 0.1) is 6.92 Å². The Morgan fingerprint density at radius 2 is 1.27 bits per heavy atom. The van der Waals surface area contributed by atoms with E-state index >= 15 is 0 Å². The second kappa shape index (κ2) is 13.1. The zero-order valence-corrected chi connectivity index (χ0v) is 39.7. The van der Waals surface area contributed by atoms with Crippen molar-refractivity contribution in [3.05, 3.63) is 142 Å². The monoisotopic (exact) mass is 825 g/mol. The largest absolute Gasteiger partial charge is 0.400 e. The Bertz CT molecular complexity index is 2930. The topological polar surface area (TPSA) is 6.48 Å². The number of unbranched alkanes of at least 4 members (excludes halogenated alkanes) is 1. The molecular formula is C60H65BN2. The highest BCUT2D eigenvalue weighted by Crippen LogP contribution is 2.64. The Morgan fingerprint density at radius 3 is 2.03 bits per heavy atom. The van der Waals surface area contributed by atoms with E-state index in [1.165, 1.54) is 141 Å². The molecule has 0 bridgehead atoms. The summed E-state index contributed by atoms with van der Waals surface area (Å²) in [6, 6.07) is 41.8. The van der Waals surface area contributed by atoms with Crippen molar-refractivity contribution in [2.75, 3.05) is 9.71 Å². The maximum absolute atomic E-state index is 3.01. The predicted molar refractivity (Wildman–Crippen MR) is 270 cm³/mol. The van der Waals surface area contributed by atoms with Gasteiger partial charge in [-0.3, -0.25) is 0 Å². The minimum Gasteiger partial charge on any atom is -0.400 e. The third kappa shape index (κ3) is 5.15. The van der Waals surface area contributed by atoms with Gasteiger partial charge in [0.05, 0.1) is 5.69 Å². The molecule has 0 spiro atoms. The van der Waals surface area contributed by atoms with Crippen molar-refractivity contribution in [3.8, 4) is 33.4 Å². The van der Waals surface area contributed by atoms with Crippen molar-refractivity contribution in [2.24, 2.45) is 0 Å². The molecule has 3 heterocycles. The van der Waals surface area contributed by atoms with Crippen LogP contribution in [0.25, 0.3) is 33.4 Å². The van der Waals surface area contributed by atoms with Crippen LogP contribution in [0.4, 0.5) is 22.7 Å². The predicted octanol–water partition coefficient (Wildman–Crippen LogP) is 14.6. The van der Waals surface area contributed by atoms with E-state index < -0.39 is 0 Å². The van der Waals surface area contributed by atoms with Crippen LogP contribution in [0.15, 0.2) is 103 Å². The molecule has 0 aromatic heterocycles. The number of anilines is 4. The number of aryl methyl sites for hydroxylation is 2. The number of para-hydroxylation sites is 1. The molecule has 0 radical (unpaired) electrons. The summed E-state index contributed by atoms with van der Waals surface area (Å²) < 4.78 is 0. The van der Waals surface area contributed by atoms with Crippen molar-refractivity contribution in [1.29, 1.82) is 0 Å². The SMILES string of the molecule is CCCCc1ccc(N2c3cc4c(cc3B3c5c(cc(C)cc52)-c2cccc5c2N3C2(C)CCCCC52C)-c2cc3c(cc2C4(C)C)C(C)(C)CCC3(C)C)c(-c2ccccc2)c1. The highest BCUT2D eigenvalue weighted by molar-refractivity contribution is 6.93. The molecule has 3 heteroatoms. The van der Waals surface area contributed by atoms with E-state index in [0.717, 1.165) is 6.42 Å². The Morgan fingerprint density at radius 1 is 0.556 bits per heavy atom. The van der Waals surface area contributed by atoms with Gasteiger partial charge in [0.15, 0.2) is 0 Å². The van der Waals surface area contributed by atoms with Gasteiger partial charge in [-0.1, -0.05) is 147 Å². The van der Waals surface area contributed by atoms with E-state index in [4.69, 9.17) is 0 Å². The summed E-state index contributed by atoms with van der Waals surface area (Å²) in [5.74, 6) is 0. The lowest BCUT2D eigenvalue weighted by atomic mass is 9.42. The van der Waals surface area contributed by atoms with Crippen molar-refractivity contribution >= 4 is 40.5 Å². The Labute approximate surface area is 378 Å². The highest BCUT2D eigenvalue weighted by atomic mass is 15.2. The number of benzene rings is 6. The van der Waals surface area contributed by atoms with E-state index in [9.17, 15) is 0 Å². The Kier molecular flexibility index (Phi) is 8.20. The van der Waals surface area contributed by atoms with Crippen LogP contribution in [-0.2, 0) is 28.1 Å². The van der Waals surface area contributed by atoms with Gasteiger partial charge in [-0.05, 0) is 166 Å². The molecule has 0 N–H and O–H groups in total. The van der Waals surface area contributed by atoms with Crippen LogP contribution in [0.5, 0.6) is 0 Å². The third-order valence-electron chi connectivity index (χ3n) is 18.1. The zero-order chi connectivity index (χ0) is 43.6. The molecule has 6 aromatic carbocycles. The quantitative estimate of drug-likeness (QED) is 0.160. The molecule has 63 heavy (non-hydrogen) atoms. The number of fused-ring (bicyclic) bond motifs is 11. The van der Waals surface area contributed by atoms with Crippen LogP contribution >= 0.6 is 0 Å². The number of hydrogen-bond acceptors (Lipinski definition) is 2. The van der Waals surface area contributed by atoms with Crippen molar-refractivity contribution in [3.63, 3.8) is 0 Å². The van der Waals surface area contributed by atoms with Crippen molar-refractivity contribution in [1.82, 2.24) is 0 Å². The average Bonchev–Trinajstić information content (AvgIpc) is 3.62. The fraction of sp³-hybridized carbons (Fsp3) is 0.400. The molecule has 2 nitrogen and oxygen atoms in total. The van der Waals surface area contributed by atoms with Gasteiger partial charge in [-0.15, -0.1) is 0 Å². The fourth-order valence-corrected chi connectivity index (χ4v) is 14.1. The van der Waals surface area contributed by atoms with Crippen LogP contribution in [-0.4, -0.2) is 12.4 Å². The van der Waals surface area contributed by atoms with Crippen LogP contribution in [0.3, 0.4) is 0 Å². The van der Waals surface area contributed by atoms with Gasteiger partial charge in [-0.25, -0.2) is 0 Å². The molecule has 0 amide bonds. The second-order valence-electron chi connectivity index (χ2n) is 23.0. The number of rotatable bonds is 5. The smallest absolute Gasteiger partial charge is 0.328 e. The van der Waals surface area contributed by atoms with Gasteiger partial charge in [0.2, 0.25) is 0 Å². The summed E-state index contributed by atoms with van der Waals surface area (Å²) in [5, 5.41) is 0. The summed E-state index contributed by atoms with van der Waals surface area (Å²) in [6.45, 7) is 25.0. The lowest BCUT2D eigenvalue weighted by Gasteiger charge is -2.55. The van der Waals surface area contributed by atoms with Gasteiger partial charge in [0.1, 0.15) is 0 Å². The van der Waals surface area contributed by atoms with E-state index in [1.807, 2.05) is 0 Å². The molecule has 6 aliphatic rings. The number of hydrogen-bond donors (Lipinski definition) is 0. The summed E-state index contributed by atoms with van der Waals surface area (Å²) in [5.41, 5.74) is 27.3. The van der Waals surface area contributed by atoms with Gasteiger partial charge in [-0.2, -0.15) is 0 Å². The first-order valence-electron chi connectivity index (χ1n) is 24.5. The molecule has 1 saturated carbocycles. The molecule has 1 fully saturated rings. The molecular weight excluding hydrogens is 759 g/mol. The summed E-state index contributed by atoms with van der Waals surface area (Å²) in [4.78, 5) is 5.74. The third-order valence-corrected chi connectivity index (χ3v) is 18.1. The van der Waals surface area contributed by atoms with Crippen molar-refractivity contribution in [2.45, 2.75) is 154 Å². The molecule has 2 unspecified atom stereocenters. The molecule has 6 aromatic rings. The van der Waals surface area contributed by atoms with E-state index in [-0.39, 0.29) is 34.0 Å². The van der Waals surface area contributed by atoms with E-state index in [1.54, 1.807) is 16.7 Å². The van der Waals surface area contributed by atoms with Crippen molar-refractivity contribution < 1.29 is 0 Å². The lowest BCUT2D eigenvalue weighted by molar-refractivity contribution is 0.199. The second-order valence-corrected chi connectivity index (χ2v) is 23.0. The normalized spacial score (nSPS) is 23.3. The van der Waals surface area contributed by atoms with Gasteiger partial charge < -0.3 is 9.71 Å². The highest BCUT2D eigenvalue weighted by Gasteiger charge is 2.63. The molecule has 3 aliphatic carbocycles. The van der Waals surface area contributed by atoms with Crippen LogP contribution < -0.4 is 20.6 Å². The first kappa shape index (κ1) is 39.6. The molecule has 3 aliphatic heterocycles. The van der Waals surface area contributed by atoms with E-state index in [2.05, 4.69) is 182 Å². The minimum absolute atomic E-state index is 0.0192. The maximum Gasteiger partial charge on any atom is 0.328 e.